The lowest BCUT2D eigenvalue weighted by molar-refractivity contribution is -0.141. The van der Waals surface area contributed by atoms with Gasteiger partial charge in [0.2, 0.25) is 5.91 Å². The van der Waals surface area contributed by atoms with Crippen LogP contribution in [0.4, 0.5) is 18.0 Å². The predicted molar refractivity (Wildman–Crippen MR) is 91.3 cm³/mol. The van der Waals surface area contributed by atoms with Crippen molar-refractivity contribution in [3.8, 4) is 11.3 Å². The van der Waals surface area contributed by atoms with Crippen molar-refractivity contribution in [2.75, 3.05) is 6.54 Å². The van der Waals surface area contributed by atoms with E-state index in [1.54, 1.807) is 0 Å². The van der Waals surface area contributed by atoms with E-state index in [9.17, 15) is 27.9 Å². The van der Waals surface area contributed by atoms with E-state index in [0.29, 0.717) is 17.0 Å². The molecule has 2 amide bonds. The first-order valence-electron chi connectivity index (χ1n) is 8.46. The minimum absolute atomic E-state index is 0.0488. The fourth-order valence-corrected chi connectivity index (χ4v) is 2.95. The second kappa shape index (κ2) is 7.99. The fraction of sp³-hybridized carbons (Fsp3) is 0.353. The second-order valence-corrected chi connectivity index (χ2v) is 6.32. The lowest BCUT2D eigenvalue weighted by Gasteiger charge is -2.22. The monoisotopic (exact) mass is 411 g/mol. The van der Waals surface area contributed by atoms with Gasteiger partial charge in [-0.25, -0.2) is 14.8 Å². The van der Waals surface area contributed by atoms with Crippen LogP contribution >= 0.6 is 0 Å². The third-order valence-electron chi connectivity index (χ3n) is 4.40. The normalized spacial score (nSPS) is 19.2. The van der Waals surface area contributed by atoms with Crippen molar-refractivity contribution in [1.29, 1.82) is 0 Å². The summed E-state index contributed by atoms with van der Waals surface area (Å²) in [5, 5.41) is 21.5. The standard InChI is InChI=1S/C17H16F3N5O4/c18-17(19,20)13-2-1-9(6-21-13)11-5-10(23-8-24-11)7-22-15(27)14-12(26)3-4-25(14)16(28)29/h1-2,5-6,8,12,14,26H,3-4,7H2,(H,22,27)(H,28,29)/t12-,14-/m0/s1. The number of aromatic nitrogens is 3. The molecule has 2 aromatic heterocycles. The number of aliphatic hydroxyl groups excluding tert-OH is 1. The first-order chi connectivity index (χ1) is 13.7. The van der Waals surface area contributed by atoms with E-state index in [1.165, 1.54) is 18.5 Å². The van der Waals surface area contributed by atoms with Gasteiger partial charge in [0.15, 0.2) is 0 Å². The van der Waals surface area contributed by atoms with Crippen LogP contribution in [0.1, 0.15) is 17.8 Å². The third-order valence-corrected chi connectivity index (χ3v) is 4.40. The Hall–Kier alpha value is -3.28. The zero-order chi connectivity index (χ0) is 21.2. The molecule has 2 atom stereocenters. The fourth-order valence-electron chi connectivity index (χ4n) is 2.95. The SMILES string of the molecule is O=C(NCc1cc(-c2ccc(C(F)(F)F)nc2)ncn1)[C@@H]1[C@@H](O)CCN1C(=O)O. The number of rotatable bonds is 4. The van der Waals surface area contributed by atoms with Crippen LogP contribution in [-0.4, -0.2) is 60.8 Å². The maximum Gasteiger partial charge on any atom is 0.433 e. The van der Waals surface area contributed by atoms with Crippen LogP contribution in [0.2, 0.25) is 0 Å². The average Bonchev–Trinajstić information content (AvgIpc) is 3.08. The highest BCUT2D eigenvalue weighted by Crippen LogP contribution is 2.28. The van der Waals surface area contributed by atoms with E-state index in [-0.39, 0.29) is 19.5 Å². The molecule has 9 nitrogen and oxygen atoms in total. The molecule has 3 N–H and O–H groups in total. The molecule has 1 aliphatic rings. The van der Waals surface area contributed by atoms with Gasteiger partial charge in [-0.3, -0.25) is 14.7 Å². The van der Waals surface area contributed by atoms with Gasteiger partial charge in [0, 0.05) is 18.3 Å². The summed E-state index contributed by atoms with van der Waals surface area (Å²) in [7, 11) is 0. The van der Waals surface area contributed by atoms with Crippen LogP contribution in [0.3, 0.4) is 0 Å². The Balaban J connectivity index is 1.69. The van der Waals surface area contributed by atoms with Gasteiger partial charge in [-0.15, -0.1) is 0 Å². The highest BCUT2D eigenvalue weighted by atomic mass is 19.4. The number of likely N-dealkylation sites (tertiary alicyclic amines) is 1. The Kier molecular flexibility index (Phi) is 5.64. The molecule has 1 aliphatic heterocycles. The van der Waals surface area contributed by atoms with Gasteiger partial charge < -0.3 is 15.5 Å². The summed E-state index contributed by atoms with van der Waals surface area (Å²) in [6.45, 7) is -0.0355. The van der Waals surface area contributed by atoms with Crippen LogP contribution in [0.15, 0.2) is 30.7 Å². The smallest absolute Gasteiger partial charge is 0.433 e. The first-order valence-corrected chi connectivity index (χ1v) is 8.46. The van der Waals surface area contributed by atoms with E-state index < -0.39 is 36.0 Å². The van der Waals surface area contributed by atoms with E-state index in [1.807, 2.05) is 0 Å². The maximum absolute atomic E-state index is 12.6. The zero-order valence-corrected chi connectivity index (χ0v) is 14.8. The number of nitrogens with zero attached hydrogens (tertiary/aromatic N) is 4. The van der Waals surface area contributed by atoms with Crippen molar-refractivity contribution in [1.82, 2.24) is 25.2 Å². The van der Waals surface area contributed by atoms with Crippen molar-refractivity contribution in [3.63, 3.8) is 0 Å². The molecular weight excluding hydrogens is 395 g/mol. The van der Waals surface area contributed by atoms with Crippen molar-refractivity contribution in [2.24, 2.45) is 0 Å². The van der Waals surface area contributed by atoms with Crippen LogP contribution < -0.4 is 5.32 Å². The lowest BCUT2D eigenvalue weighted by atomic mass is 10.1. The summed E-state index contributed by atoms with van der Waals surface area (Å²) >= 11 is 0. The Morgan fingerprint density at radius 1 is 1.24 bits per heavy atom. The molecule has 12 heteroatoms. The molecule has 29 heavy (non-hydrogen) atoms. The predicted octanol–water partition coefficient (Wildman–Crippen LogP) is 1.29. The number of carbonyl (C=O) groups is 2. The number of carboxylic acid groups (broad SMARTS) is 1. The number of hydrogen-bond donors (Lipinski definition) is 3. The second-order valence-electron chi connectivity index (χ2n) is 6.32. The van der Waals surface area contributed by atoms with E-state index in [4.69, 9.17) is 5.11 Å². The molecule has 1 fully saturated rings. The van der Waals surface area contributed by atoms with Crippen LogP contribution in [0.25, 0.3) is 11.3 Å². The van der Waals surface area contributed by atoms with E-state index >= 15 is 0 Å². The largest absolute Gasteiger partial charge is 0.465 e. The number of aliphatic hydroxyl groups is 1. The zero-order valence-electron chi connectivity index (χ0n) is 14.8. The van der Waals surface area contributed by atoms with Gasteiger partial charge in [0.05, 0.1) is 24.0 Å². The highest BCUT2D eigenvalue weighted by Gasteiger charge is 2.41. The van der Waals surface area contributed by atoms with Gasteiger partial charge >= 0.3 is 12.3 Å². The Bertz CT molecular complexity index is 907. The van der Waals surface area contributed by atoms with Crippen LogP contribution in [-0.2, 0) is 17.5 Å². The summed E-state index contributed by atoms with van der Waals surface area (Å²) in [4.78, 5) is 35.6. The summed E-state index contributed by atoms with van der Waals surface area (Å²) in [5.41, 5.74) is -0.0479. The maximum atomic E-state index is 12.6. The Morgan fingerprint density at radius 3 is 2.62 bits per heavy atom. The third kappa shape index (κ3) is 4.59. The minimum Gasteiger partial charge on any atom is -0.465 e. The summed E-state index contributed by atoms with van der Waals surface area (Å²) in [5.74, 6) is -0.672. The molecule has 0 bridgehead atoms. The van der Waals surface area contributed by atoms with Crippen molar-refractivity contribution in [2.45, 2.75) is 31.3 Å². The number of halogens is 3. The molecule has 3 rings (SSSR count). The lowest BCUT2D eigenvalue weighted by Crippen LogP contribution is -2.49. The Morgan fingerprint density at radius 2 is 2.00 bits per heavy atom. The first kappa shape index (κ1) is 20.5. The average molecular weight is 411 g/mol. The molecule has 0 saturated carbocycles. The molecule has 0 aromatic carbocycles. The molecule has 154 valence electrons. The summed E-state index contributed by atoms with van der Waals surface area (Å²) in [6.07, 6.45) is -4.58. The molecule has 0 aliphatic carbocycles. The number of hydrogen-bond acceptors (Lipinski definition) is 6. The number of alkyl halides is 3. The molecular formula is C17H16F3N5O4. The molecule has 0 unspecified atom stereocenters. The molecule has 1 saturated heterocycles. The van der Waals surface area contributed by atoms with Crippen molar-refractivity contribution < 1.29 is 33.0 Å². The van der Waals surface area contributed by atoms with Gasteiger partial charge in [-0.05, 0) is 24.6 Å². The van der Waals surface area contributed by atoms with E-state index in [0.717, 1.165) is 17.2 Å². The summed E-state index contributed by atoms with van der Waals surface area (Å²) < 4.78 is 37.8. The van der Waals surface area contributed by atoms with Gasteiger partial charge in [0.1, 0.15) is 18.1 Å². The number of amides is 2. The topological polar surface area (TPSA) is 129 Å². The molecule has 0 radical (unpaired) electrons. The quantitative estimate of drug-likeness (QED) is 0.691. The highest BCUT2D eigenvalue weighted by molar-refractivity contribution is 5.86. The van der Waals surface area contributed by atoms with Crippen molar-refractivity contribution in [3.05, 3.63) is 42.1 Å². The molecule has 2 aromatic rings. The molecule has 3 heterocycles. The van der Waals surface area contributed by atoms with Gasteiger partial charge in [-0.1, -0.05) is 0 Å². The van der Waals surface area contributed by atoms with E-state index in [2.05, 4.69) is 20.3 Å². The summed E-state index contributed by atoms with van der Waals surface area (Å²) in [6, 6.07) is 2.30. The minimum atomic E-state index is -4.55. The van der Waals surface area contributed by atoms with Crippen LogP contribution in [0, 0.1) is 0 Å². The van der Waals surface area contributed by atoms with Gasteiger partial charge in [-0.2, -0.15) is 13.2 Å². The Labute approximate surface area is 162 Å². The number of carbonyl (C=O) groups excluding carboxylic acids is 1. The van der Waals surface area contributed by atoms with Crippen molar-refractivity contribution >= 4 is 12.0 Å². The number of pyridine rings is 1. The number of nitrogens with one attached hydrogen (secondary N) is 1. The molecule has 0 spiro atoms. The van der Waals surface area contributed by atoms with Crippen LogP contribution in [0.5, 0.6) is 0 Å². The van der Waals surface area contributed by atoms with Gasteiger partial charge in [0.25, 0.3) is 0 Å².